The van der Waals surface area contributed by atoms with E-state index in [1.165, 1.54) is 0 Å². The maximum Gasteiger partial charge on any atom is 0.405 e. The quantitative estimate of drug-likeness (QED) is 0.871. The summed E-state index contributed by atoms with van der Waals surface area (Å²) in [6, 6.07) is 9.20. The molecule has 2 rings (SSSR count). The number of carbonyl (C=O) groups excluding carboxylic acids is 2. The van der Waals surface area contributed by atoms with E-state index in [0.29, 0.717) is 12.1 Å². The molecule has 0 aliphatic heterocycles. The van der Waals surface area contributed by atoms with E-state index in [0.717, 1.165) is 11.3 Å². The molecule has 7 nitrogen and oxygen atoms in total. The molecule has 2 aromatic rings. The summed E-state index contributed by atoms with van der Waals surface area (Å²) in [4.78, 5) is 23.5. The first-order valence-electron chi connectivity index (χ1n) is 8.01. The fraction of sp³-hybridized carbons (Fsp3) is 0.389. The number of amides is 2. The summed E-state index contributed by atoms with van der Waals surface area (Å²) in [6.07, 6.45) is 0.333. The number of ether oxygens (including phenoxy) is 1. The number of hydrogen-bond donors (Lipinski definition) is 2. The number of nitrogens with two attached hydrogens (primary N) is 1. The van der Waals surface area contributed by atoms with Gasteiger partial charge in [-0.15, -0.1) is 0 Å². The van der Waals surface area contributed by atoms with Gasteiger partial charge in [-0.2, -0.15) is 5.10 Å². The first-order chi connectivity index (χ1) is 11.6. The third-order valence-corrected chi connectivity index (χ3v) is 3.51. The van der Waals surface area contributed by atoms with Crippen LogP contribution in [0, 0.1) is 5.41 Å². The molecule has 0 spiro atoms. The molecule has 1 atom stereocenters. The molecule has 0 radical (unpaired) electrons. The van der Waals surface area contributed by atoms with Crippen molar-refractivity contribution in [2.45, 2.75) is 33.3 Å². The lowest BCUT2D eigenvalue weighted by Crippen LogP contribution is -2.37. The molecule has 0 aliphatic carbocycles. The van der Waals surface area contributed by atoms with Crippen molar-refractivity contribution in [2.24, 2.45) is 18.2 Å². The smallest absolute Gasteiger partial charge is 0.405 e. The van der Waals surface area contributed by atoms with Gasteiger partial charge in [0.2, 0.25) is 0 Å². The van der Waals surface area contributed by atoms with Gasteiger partial charge in [-0.25, -0.2) is 4.79 Å². The molecule has 2 amide bonds. The van der Waals surface area contributed by atoms with E-state index in [2.05, 4.69) is 10.4 Å². The van der Waals surface area contributed by atoms with Crippen molar-refractivity contribution in [1.82, 2.24) is 9.78 Å². The monoisotopic (exact) mass is 344 g/mol. The maximum atomic E-state index is 12.4. The van der Waals surface area contributed by atoms with Gasteiger partial charge in [0.25, 0.3) is 5.91 Å². The van der Waals surface area contributed by atoms with Crippen LogP contribution in [0.1, 0.15) is 27.2 Å². The van der Waals surface area contributed by atoms with Crippen LogP contribution in [-0.2, 0) is 16.6 Å². The van der Waals surface area contributed by atoms with Crippen LogP contribution in [0.25, 0.3) is 11.3 Å². The molecule has 0 saturated heterocycles. The molecule has 3 N–H and O–H groups in total. The Bertz CT molecular complexity index is 744. The van der Waals surface area contributed by atoms with E-state index >= 15 is 0 Å². The number of nitrogens with zero attached hydrogens (tertiary/aromatic N) is 2. The SMILES string of the molecule is Cn1ccc(-c2ccc(NC(=O)[C@@H](CC(C)(C)C)OC(N)=O)cc2)n1. The van der Waals surface area contributed by atoms with Gasteiger partial charge in [-0.05, 0) is 30.0 Å². The van der Waals surface area contributed by atoms with Crippen LogP contribution in [0.4, 0.5) is 10.5 Å². The van der Waals surface area contributed by atoms with E-state index in [1.807, 2.05) is 52.2 Å². The van der Waals surface area contributed by atoms with Crippen molar-refractivity contribution in [3.63, 3.8) is 0 Å². The average Bonchev–Trinajstić information content (AvgIpc) is 2.92. The van der Waals surface area contributed by atoms with Crippen molar-refractivity contribution in [2.75, 3.05) is 5.32 Å². The lowest BCUT2D eigenvalue weighted by atomic mass is 9.89. The Labute approximate surface area is 147 Å². The summed E-state index contributed by atoms with van der Waals surface area (Å²) in [5.41, 5.74) is 7.29. The molecule has 0 fully saturated rings. The predicted octanol–water partition coefficient (Wildman–Crippen LogP) is 2.93. The van der Waals surface area contributed by atoms with Gasteiger partial charge in [-0.3, -0.25) is 9.48 Å². The third kappa shape index (κ3) is 5.63. The number of hydrogen-bond acceptors (Lipinski definition) is 4. The minimum Gasteiger partial charge on any atom is -0.436 e. The zero-order chi connectivity index (χ0) is 18.6. The number of aromatic nitrogens is 2. The topological polar surface area (TPSA) is 99.2 Å². The van der Waals surface area contributed by atoms with Gasteiger partial charge in [0.1, 0.15) is 0 Å². The Morgan fingerprint density at radius 2 is 1.88 bits per heavy atom. The Balaban J connectivity index is 2.08. The highest BCUT2D eigenvalue weighted by Gasteiger charge is 2.28. The van der Waals surface area contributed by atoms with Crippen molar-refractivity contribution in [1.29, 1.82) is 0 Å². The van der Waals surface area contributed by atoms with Crippen molar-refractivity contribution in [3.05, 3.63) is 36.5 Å². The van der Waals surface area contributed by atoms with Crippen molar-refractivity contribution >= 4 is 17.7 Å². The fourth-order valence-corrected chi connectivity index (χ4v) is 2.40. The minimum atomic E-state index is -0.963. The molecular formula is C18H24N4O3. The molecule has 7 heteroatoms. The van der Waals surface area contributed by atoms with Crippen molar-refractivity contribution < 1.29 is 14.3 Å². The summed E-state index contributed by atoms with van der Waals surface area (Å²) in [5.74, 6) is -0.403. The number of benzene rings is 1. The summed E-state index contributed by atoms with van der Waals surface area (Å²) in [5, 5.41) is 7.09. The van der Waals surface area contributed by atoms with Gasteiger partial charge in [-0.1, -0.05) is 32.9 Å². The lowest BCUT2D eigenvalue weighted by Gasteiger charge is -2.24. The molecule has 1 aromatic heterocycles. The largest absolute Gasteiger partial charge is 0.436 e. The Morgan fingerprint density at radius 1 is 1.24 bits per heavy atom. The highest BCUT2D eigenvalue weighted by molar-refractivity contribution is 5.95. The number of aryl methyl sites for hydroxylation is 1. The molecule has 25 heavy (non-hydrogen) atoms. The maximum absolute atomic E-state index is 12.4. The minimum absolute atomic E-state index is 0.194. The van der Waals surface area contributed by atoms with E-state index < -0.39 is 18.1 Å². The normalized spacial score (nSPS) is 12.5. The molecule has 0 bridgehead atoms. The van der Waals surface area contributed by atoms with E-state index in [1.54, 1.807) is 16.8 Å². The molecule has 0 saturated carbocycles. The second-order valence-electron chi connectivity index (χ2n) is 7.13. The van der Waals surface area contributed by atoms with Gasteiger partial charge < -0.3 is 15.8 Å². The third-order valence-electron chi connectivity index (χ3n) is 3.51. The van der Waals surface area contributed by atoms with Crippen LogP contribution in [0.2, 0.25) is 0 Å². The van der Waals surface area contributed by atoms with E-state index in [-0.39, 0.29) is 5.41 Å². The Morgan fingerprint density at radius 3 is 2.36 bits per heavy atom. The molecule has 0 aliphatic rings. The van der Waals surface area contributed by atoms with Crippen LogP contribution >= 0.6 is 0 Å². The fourth-order valence-electron chi connectivity index (χ4n) is 2.40. The first kappa shape index (κ1) is 18.5. The summed E-state index contributed by atoms with van der Waals surface area (Å²) in [6.45, 7) is 5.87. The molecular weight excluding hydrogens is 320 g/mol. The highest BCUT2D eigenvalue weighted by atomic mass is 16.6. The second kappa shape index (κ2) is 7.38. The number of anilines is 1. The summed E-state index contributed by atoms with van der Waals surface area (Å²) in [7, 11) is 1.85. The molecule has 1 aromatic carbocycles. The van der Waals surface area contributed by atoms with Crippen LogP contribution in [-0.4, -0.2) is 27.9 Å². The van der Waals surface area contributed by atoms with Gasteiger partial charge in [0.05, 0.1) is 5.69 Å². The van der Waals surface area contributed by atoms with Gasteiger partial charge in [0, 0.05) is 24.5 Å². The second-order valence-corrected chi connectivity index (χ2v) is 7.13. The highest BCUT2D eigenvalue weighted by Crippen LogP contribution is 2.24. The summed E-state index contributed by atoms with van der Waals surface area (Å²) >= 11 is 0. The Hall–Kier alpha value is -2.83. The number of carbonyl (C=O) groups is 2. The first-order valence-corrected chi connectivity index (χ1v) is 8.01. The average molecular weight is 344 g/mol. The Kier molecular flexibility index (Phi) is 5.46. The van der Waals surface area contributed by atoms with E-state index in [9.17, 15) is 9.59 Å². The molecule has 1 heterocycles. The zero-order valence-corrected chi connectivity index (χ0v) is 14.9. The van der Waals surface area contributed by atoms with Crippen LogP contribution in [0.15, 0.2) is 36.5 Å². The lowest BCUT2D eigenvalue weighted by molar-refractivity contribution is -0.125. The summed E-state index contributed by atoms with van der Waals surface area (Å²) < 4.78 is 6.70. The van der Waals surface area contributed by atoms with E-state index in [4.69, 9.17) is 10.5 Å². The number of nitrogens with one attached hydrogen (secondary N) is 1. The van der Waals surface area contributed by atoms with Crippen LogP contribution < -0.4 is 11.1 Å². The number of rotatable bonds is 5. The standard InChI is InChI=1S/C18H24N4O3/c1-18(2,3)11-15(25-17(19)24)16(23)20-13-7-5-12(6-8-13)14-9-10-22(4)21-14/h5-10,15H,11H2,1-4H3,(H2,19,24)(H,20,23)/t15-/m1/s1. The van der Waals surface area contributed by atoms with Crippen LogP contribution in [0.5, 0.6) is 0 Å². The number of primary amides is 1. The molecule has 134 valence electrons. The zero-order valence-electron chi connectivity index (χ0n) is 14.9. The van der Waals surface area contributed by atoms with Crippen molar-refractivity contribution in [3.8, 4) is 11.3 Å². The van der Waals surface area contributed by atoms with Gasteiger partial charge in [0.15, 0.2) is 6.10 Å². The van der Waals surface area contributed by atoms with Gasteiger partial charge >= 0.3 is 6.09 Å². The van der Waals surface area contributed by atoms with Crippen LogP contribution in [0.3, 0.4) is 0 Å². The predicted molar refractivity (Wildman–Crippen MR) is 95.8 cm³/mol. The molecule has 0 unspecified atom stereocenters.